The Morgan fingerprint density at radius 2 is 1.96 bits per heavy atom. The number of nitrogens with zero attached hydrogens (tertiary/aromatic N) is 3. The number of pyridine rings is 1. The van der Waals surface area contributed by atoms with Crippen LogP contribution in [0, 0.1) is 0 Å². The van der Waals surface area contributed by atoms with E-state index in [0.29, 0.717) is 28.7 Å². The molecule has 1 aliphatic rings. The van der Waals surface area contributed by atoms with Crippen molar-refractivity contribution in [2.24, 2.45) is 0 Å². The van der Waals surface area contributed by atoms with E-state index < -0.39 is 0 Å². The summed E-state index contributed by atoms with van der Waals surface area (Å²) in [6.45, 7) is 4.60. The fourth-order valence-electron chi connectivity index (χ4n) is 3.14. The zero-order chi connectivity index (χ0) is 17.9. The molecule has 0 spiro atoms. The van der Waals surface area contributed by atoms with Gasteiger partial charge in [0.25, 0.3) is 11.5 Å². The largest absolute Gasteiger partial charge is 0.379 e. The molecule has 0 radical (unpaired) electrons. The molecule has 2 aromatic heterocycles. The van der Waals surface area contributed by atoms with Gasteiger partial charge in [-0.3, -0.25) is 18.9 Å². The average Bonchev–Trinajstić information content (AvgIpc) is 2.69. The highest BCUT2D eigenvalue weighted by molar-refractivity contribution is 5.94. The summed E-state index contributed by atoms with van der Waals surface area (Å²) in [5.41, 5.74) is 1.45. The van der Waals surface area contributed by atoms with Crippen molar-refractivity contribution in [3.8, 4) is 0 Å². The van der Waals surface area contributed by atoms with Crippen molar-refractivity contribution in [3.05, 3.63) is 58.5 Å². The number of hydrogen-bond acceptors (Lipinski definition) is 5. The van der Waals surface area contributed by atoms with Crippen LogP contribution in [0.4, 0.5) is 0 Å². The third-order valence-corrected chi connectivity index (χ3v) is 4.59. The summed E-state index contributed by atoms with van der Waals surface area (Å²) in [4.78, 5) is 31.8. The van der Waals surface area contributed by atoms with E-state index in [1.165, 1.54) is 4.40 Å². The van der Waals surface area contributed by atoms with Crippen LogP contribution in [-0.2, 0) is 4.74 Å². The lowest BCUT2D eigenvalue weighted by Crippen LogP contribution is -2.41. The maximum Gasteiger partial charge on any atom is 0.265 e. The summed E-state index contributed by atoms with van der Waals surface area (Å²) in [5, 5.41) is 3.45. The van der Waals surface area contributed by atoms with E-state index in [1.807, 2.05) is 12.1 Å². The van der Waals surface area contributed by atoms with Crippen LogP contribution in [0.15, 0.2) is 47.4 Å². The third-order valence-electron chi connectivity index (χ3n) is 4.59. The van der Waals surface area contributed by atoms with Crippen LogP contribution in [0.3, 0.4) is 0 Å². The van der Waals surface area contributed by atoms with Crippen LogP contribution in [0.1, 0.15) is 10.4 Å². The fraction of sp³-hybridized carbons (Fsp3) is 0.316. The Morgan fingerprint density at radius 1 is 1.15 bits per heavy atom. The minimum atomic E-state index is -0.194. The number of carbonyl (C=O) groups excluding carboxylic acids is 1. The summed E-state index contributed by atoms with van der Waals surface area (Å²) in [5.74, 6) is -0.194. The Bertz CT molecular complexity index is 1010. The number of rotatable bonds is 4. The van der Waals surface area contributed by atoms with Crippen molar-refractivity contribution in [2.75, 3.05) is 39.4 Å². The zero-order valence-corrected chi connectivity index (χ0v) is 14.4. The molecule has 0 aliphatic carbocycles. The number of para-hydroxylation sites is 1. The van der Waals surface area contributed by atoms with Crippen LogP contribution in [0.25, 0.3) is 16.6 Å². The van der Waals surface area contributed by atoms with Crippen molar-refractivity contribution in [3.63, 3.8) is 0 Å². The van der Waals surface area contributed by atoms with E-state index in [-0.39, 0.29) is 11.5 Å². The van der Waals surface area contributed by atoms with E-state index in [4.69, 9.17) is 4.74 Å². The van der Waals surface area contributed by atoms with Gasteiger partial charge in [0.15, 0.2) is 0 Å². The number of hydrogen-bond donors (Lipinski definition) is 1. The van der Waals surface area contributed by atoms with Gasteiger partial charge in [-0.15, -0.1) is 0 Å². The van der Waals surface area contributed by atoms with Gasteiger partial charge in [-0.2, -0.15) is 0 Å². The SMILES string of the molecule is O=C(NCCN1CCOCC1)c1ccc2nc3ccccc3c(=O)n2c1. The van der Waals surface area contributed by atoms with Crippen molar-refractivity contribution in [2.45, 2.75) is 0 Å². The lowest BCUT2D eigenvalue weighted by atomic mass is 10.2. The summed E-state index contributed by atoms with van der Waals surface area (Å²) >= 11 is 0. The van der Waals surface area contributed by atoms with Crippen LogP contribution in [0.5, 0.6) is 0 Å². The van der Waals surface area contributed by atoms with E-state index in [2.05, 4.69) is 15.2 Å². The summed E-state index contributed by atoms with van der Waals surface area (Å²) < 4.78 is 6.74. The molecule has 26 heavy (non-hydrogen) atoms. The average molecular weight is 352 g/mol. The topological polar surface area (TPSA) is 75.9 Å². The molecular formula is C19H20N4O3. The molecule has 0 atom stereocenters. The number of fused-ring (bicyclic) bond motifs is 2. The number of morpholine rings is 1. The Kier molecular flexibility index (Phi) is 4.64. The van der Waals surface area contributed by atoms with Gasteiger partial charge in [-0.25, -0.2) is 4.98 Å². The normalized spacial score (nSPS) is 15.4. The number of benzene rings is 1. The van der Waals surface area contributed by atoms with Gasteiger partial charge in [0.1, 0.15) is 5.65 Å². The highest BCUT2D eigenvalue weighted by Crippen LogP contribution is 2.10. The van der Waals surface area contributed by atoms with E-state index in [9.17, 15) is 9.59 Å². The molecule has 0 bridgehead atoms. The molecule has 1 saturated heterocycles. The predicted molar refractivity (Wildman–Crippen MR) is 98.6 cm³/mol. The summed E-state index contributed by atoms with van der Waals surface area (Å²) in [6.07, 6.45) is 1.56. The first kappa shape index (κ1) is 16.7. The third kappa shape index (κ3) is 3.31. The second kappa shape index (κ2) is 7.23. The highest BCUT2D eigenvalue weighted by atomic mass is 16.5. The van der Waals surface area contributed by atoms with Gasteiger partial charge in [0, 0.05) is 32.4 Å². The summed E-state index contributed by atoms with van der Waals surface area (Å²) in [6, 6.07) is 10.6. The Balaban J connectivity index is 1.52. The molecule has 1 aromatic carbocycles. The van der Waals surface area contributed by atoms with Gasteiger partial charge < -0.3 is 10.1 Å². The number of carbonyl (C=O) groups is 1. The van der Waals surface area contributed by atoms with Gasteiger partial charge in [0.05, 0.1) is 29.7 Å². The molecule has 7 heteroatoms. The van der Waals surface area contributed by atoms with Crippen LogP contribution in [-0.4, -0.2) is 59.6 Å². The second-order valence-electron chi connectivity index (χ2n) is 6.29. The zero-order valence-electron chi connectivity index (χ0n) is 14.4. The fourth-order valence-corrected chi connectivity index (χ4v) is 3.14. The molecule has 1 aliphatic heterocycles. The lowest BCUT2D eigenvalue weighted by molar-refractivity contribution is 0.0383. The minimum absolute atomic E-state index is 0.173. The molecule has 1 amide bonds. The van der Waals surface area contributed by atoms with Gasteiger partial charge in [0.2, 0.25) is 0 Å². The monoisotopic (exact) mass is 352 g/mol. The van der Waals surface area contributed by atoms with Crippen molar-refractivity contribution >= 4 is 22.5 Å². The second-order valence-corrected chi connectivity index (χ2v) is 6.29. The highest BCUT2D eigenvalue weighted by Gasteiger charge is 2.12. The van der Waals surface area contributed by atoms with Gasteiger partial charge in [-0.1, -0.05) is 12.1 Å². The smallest absolute Gasteiger partial charge is 0.265 e. The Morgan fingerprint density at radius 3 is 2.81 bits per heavy atom. The molecule has 0 saturated carbocycles. The molecular weight excluding hydrogens is 332 g/mol. The van der Waals surface area contributed by atoms with Crippen LogP contribution < -0.4 is 10.9 Å². The van der Waals surface area contributed by atoms with Crippen LogP contribution >= 0.6 is 0 Å². The first-order chi connectivity index (χ1) is 12.7. The molecule has 134 valence electrons. The molecule has 0 unspecified atom stereocenters. The Labute approximate surface area is 150 Å². The first-order valence-electron chi connectivity index (χ1n) is 8.72. The summed E-state index contributed by atoms with van der Waals surface area (Å²) in [7, 11) is 0. The maximum atomic E-state index is 12.7. The Hall–Kier alpha value is -2.77. The van der Waals surface area contributed by atoms with Gasteiger partial charge >= 0.3 is 0 Å². The molecule has 3 aromatic rings. The molecule has 7 nitrogen and oxygen atoms in total. The standard InChI is InChI=1S/C19H20N4O3/c24-18(20-7-8-22-9-11-26-12-10-22)14-5-6-17-21-16-4-2-1-3-15(16)19(25)23(17)13-14/h1-6,13H,7-12H2,(H,20,24). The number of ether oxygens (including phenoxy) is 1. The number of nitrogens with one attached hydrogen (secondary N) is 1. The quantitative estimate of drug-likeness (QED) is 0.707. The van der Waals surface area contributed by atoms with E-state index >= 15 is 0 Å². The van der Waals surface area contributed by atoms with Crippen molar-refractivity contribution in [1.29, 1.82) is 0 Å². The van der Waals surface area contributed by atoms with E-state index in [1.54, 1.807) is 30.5 Å². The number of amides is 1. The predicted octanol–water partition coefficient (Wildman–Crippen LogP) is 0.910. The number of aromatic nitrogens is 2. The van der Waals surface area contributed by atoms with E-state index in [0.717, 1.165) is 32.8 Å². The molecule has 1 fully saturated rings. The van der Waals surface area contributed by atoms with Crippen molar-refractivity contribution < 1.29 is 9.53 Å². The lowest BCUT2D eigenvalue weighted by Gasteiger charge is -2.26. The maximum absolute atomic E-state index is 12.7. The molecule has 1 N–H and O–H groups in total. The first-order valence-corrected chi connectivity index (χ1v) is 8.72. The van der Waals surface area contributed by atoms with Crippen molar-refractivity contribution in [1.82, 2.24) is 19.6 Å². The minimum Gasteiger partial charge on any atom is -0.379 e. The van der Waals surface area contributed by atoms with Gasteiger partial charge in [-0.05, 0) is 24.3 Å². The van der Waals surface area contributed by atoms with Crippen LogP contribution in [0.2, 0.25) is 0 Å². The molecule has 4 rings (SSSR count). The molecule has 3 heterocycles.